The van der Waals surface area contributed by atoms with E-state index < -0.39 is 20.0 Å². The Morgan fingerprint density at radius 3 is 2.23 bits per heavy atom. The predicted octanol–water partition coefficient (Wildman–Crippen LogP) is 2.36. The van der Waals surface area contributed by atoms with Gasteiger partial charge in [-0.2, -0.15) is 0 Å². The summed E-state index contributed by atoms with van der Waals surface area (Å²) < 4.78 is 57.7. The second kappa shape index (κ2) is 7.90. The zero-order valence-electron chi connectivity index (χ0n) is 14.6. The van der Waals surface area contributed by atoms with Crippen LogP contribution >= 0.6 is 0 Å². The largest absolute Gasteiger partial charge is 0.495 e. The summed E-state index contributed by atoms with van der Waals surface area (Å²) in [5.74, 6) is 0.126. The molecular weight excluding hydrogens is 376 g/mol. The van der Waals surface area contributed by atoms with Gasteiger partial charge in [0.1, 0.15) is 10.6 Å². The smallest absolute Gasteiger partial charge is 0.255 e. The first kappa shape index (κ1) is 20.0. The molecule has 140 valence electrons. The lowest BCUT2D eigenvalue weighted by Gasteiger charge is -2.15. The number of benzene rings is 2. The van der Waals surface area contributed by atoms with Gasteiger partial charge < -0.3 is 4.74 Å². The summed E-state index contributed by atoms with van der Waals surface area (Å²) in [5.41, 5.74) is 0.840. The van der Waals surface area contributed by atoms with Crippen molar-refractivity contribution < 1.29 is 21.6 Å². The third-order valence-corrected chi connectivity index (χ3v) is 6.27. The number of ether oxygens (including phenoxy) is 1. The van der Waals surface area contributed by atoms with Crippen LogP contribution in [0.2, 0.25) is 0 Å². The van der Waals surface area contributed by atoms with Crippen LogP contribution in [0, 0.1) is 0 Å². The zero-order chi connectivity index (χ0) is 19.4. The van der Waals surface area contributed by atoms with E-state index >= 15 is 0 Å². The Kier molecular flexibility index (Phi) is 6.06. The summed E-state index contributed by atoms with van der Waals surface area (Å²) >= 11 is 0. The monoisotopic (exact) mass is 396 g/mol. The number of hydrogen-bond donors (Lipinski definition) is 1. The molecule has 9 heteroatoms. The molecular formula is C17H20N2O5S2. The van der Waals surface area contributed by atoms with Crippen molar-refractivity contribution in [2.24, 2.45) is 0 Å². The van der Waals surface area contributed by atoms with Crippen LogP contribution in [0.4, 0.5) is 5.69 Å². The molecule has 0 saturated carbocycles. The number of hydrogen-bond acceptors (Lipinski definition) is 5. The van der Waals surface area contributed by atoms with Gasteiger partial charge in [0.15, 0.2) is 0 Å². The average molecular weight is 396 g/mol. The molecule has 0 aromatic heterocycles. The summed E-state index contributed by atoms with van der Waals surface area (Å²) in [6.45, 7) is 0. The van der Waals surface area contributed by atoms with E-state index in [1.165, 1.54) is 45.5 Å². The summed E-state index contributed by atoms with van der Waals surface area (Å²) in [4.78, 5) is -0.128. The zero-order valence-corrected chi connectivity index (χ0v) is 16.2. The van der Waals surface area contributed by atoms with E-state index in [0.717, 1.165) is 15.3 Å². The number of sulfonamides is 2. The van der Waals surface area contributed by atoms with Crippen LogP contribution in [0.3, 0.4) is 0 Å². The third-order valence-electron chi connectivity index (χ3n) is 3.42. The standard InChI is InChI=1S/C17H20N2O5S2/c1-19(2)26(22,23)17-13-15(9-10-16(17)24-3)18-25(20,21)12-11-14-7-5-4-6-8-14/h4-13,18H,1-3H3/b12-11+. The van der Waals surface area contributed by atoms with E-state index in [1.807, 2.05) is 6.07 Å². The van der Waals surface area contributed by atoms with E-state index in [9.17, 15) is 16.8 Å². The molecule has 26 heavy (non-hydrogen) atoms. The first-order chi connectivity index (χ1) is 12.2. The lowest BCUT2D eigenvalue weighted by atomic mass is 10.2. The number of nitrogens with zero attached hydrogens (tertiary/aromatic N) is 1. The molecule has 2 aromatic carbocycles. The van der Waals surface area contributed by atoms with Crippen LogP contribution in [0.25, 0.3) is 6.08 Å². The Labute approximate surface area is 154 Å². The molecule has 0 fully saturated rings. The Morgan fingerprint density at radius 1 is 1.00 bits per heavy atom. The van der Waals surface area contributed by atoms with E-state index in [-0.39, 0.29) is 16.3 Å². The second-order valence-electron chi connectivity index (χ2n) is 5.51. The highest BCUT2D eigenvalue weighted by Gasteiger charge is 2.23. The maximum atomic E-state index is 12.4. The minimum atomic E-state index is -3.81. The number of anilines is 1. The van der Waals surface area contributed by atoms with E-state index in [4.69, 9.17) is 4.74 Å². The minimum absolute atomic E-state index is 0.115. The molecule has 0 unspecified atom stereocenters. The van der Waals surface area contributed by atoms with Crippen molar-refractivity contribution >= 4 is 31.8 Å². The van der Waals surface area contributed by atoms with Crippen molar-refractivity contribution in [2.45, 2.75) is 4.90 Å². The summed E-state index contributed by atoms with van der Waals surface area (Å²) in [6.07, 6.45) is 1.45. The van der Waals surface area contributed by atoms with Crippen molar-refractivity contribution in [3.63, 3.8) is 0 Å². The molecule has 0 amide bonds. The first-order valence-electron chi connectivity index (χ1n) is 7.52. The highest BCUT2D eigenvalue weighted by atomic mass is 32.2. The Morgan fingerprint density at radius 2 is 1.65 bits per heavy atom. The summed E-state index contributed by atoms with van der Waals surface area (Å²) in [5, 5.41) is 1.02. The molecule has 0 saturated heterocycles. The molecule has 0 atom stereocenters. The highest BCUT2D eigenvalue weighted by molar-refractivity contribution is 7.95. The minimum Gasteiger partial charge on any atom is -0.495 e. The lowest BCUT2D eigenvalue weighted by molar-refractivity contribution is 0.400. The molecule has 1 N–H and O–H groups in total. The highest BCUT2D eigenvalue weighted by Crippen LogP contribution is 2.29. The van der Waals surface area contributed by atoms with E-state index in [0.29, 0.717) is 0 Å². The van der Waals surface area contributed by atoms with Gasteiger partial charge in [-0.15, -0.1) is 0 Å². The van der Waals surface area contributed by atoms with Crippen LogP contribution in [-0.4, -0.2) is 42.3 Å². The van der Waals surface area contributed by atoms with Gasteiger partial charge in [0.25, 0.3) is 10.0 Å². The van der Waals surface area contributed by atoms with Crippen molar-refractivity contribution in [3.8, 4) is 5.75 Å². The van der Waals surface area contributed by atoms with Crippen molar-refractivity contribution in [2.75, 3.05) is 25.9 Å². The molecule has 2 rings (SSSR count). The number of methoxy groups -OCH3 is 1. The molecule has 0 aliphatic carbocycles. The van der Waals surface area contributed by atoms with Crippen LogP contribution in [-0.2, 0) is 20.0 Å². The average Bonchev–Trinajstić information content (AvgIpc) is 2.60. The molecule has 0 heterocycles. The second-order valence-corrected chi connectivity index (χ2v) is 9.20. The maximum Gasteiger partial charge on any atom is 0.255 e. The molecule has 0 bridgehead atoms. The first-order valence-corrected chi connectivity index (χ1v) is 10.5. The van der Waals surface area contributed by atoms with E-state index in [1.54, 1.807) is 24.3 Å². The van der Waals surface area contributed by atoms with Gasteiger partial charge in [-0.05, 0) is 29.8 Å². The fourth-order valence-corrected chi connectivity index (χ4v) is 4.00. The van der Waals surface area contributed by atoms with E-state index in [2.05, 4.69) is 4.72 Å². The predicted molar refractivity (Wildman–Crippen MR) is 102 cm³/mol. The molecule has 0 aliphatic rings. The van der Waals surface area contributed by atoms with Gasteiger partial charge >= 0.3 is 0 Å². The maximum absolute atomic E-state index is 12.4. The Balaban J connectivity index is 2.33. The number of nitrogens with one attached hydrogen (secondary N) is 1. The summed E-state index contributed by atoms with van der Waals surface area (Å²) in [6, 6.07) is 13.0. The van der Waals surface area contributed by atoms with Crippen LogP contribution < -0.4 is 9.46 Å². The SMILES string of the molecule is COc1ccc(NS(=O)(=O)/C=C/c2ccccc2)cc1S(=O)(=O)N(C)C. The Hall–Kier alpha value is -2.36. The summed E-state index contributed by atoms with van der Waals surface area (Å²) in [7, 11) is -3.50. The third kappa shape index (κ3) is 4.84. The van der Waals surface area contributed by atoms with Crippen LogP contribution in [0.1, 0.15) is 5.56 Å². The van der Waals surface area contributed by atoms with Crippen molar-refractivity contribution in [3.05, 3.63) is 59.5 Å². The van der Waals surface area contributed by atoms with Crippen molar-refractivity contribution in [1.29, 1.82) is 0 Å². The molecule has 2 aromatic rings. The van der Waals surface area contributed by atoms with Gasteiger partial charge in [-0.1, -0.05) is 30.3 Å². The quantitative estimate of drug-likeness (QED) is 0.776. The van der Waals surface area contributed by atoms with Crippen molar-refractivity contribution in [1.82, 2.24) is 4.31 Å². The topological polar surface area (TPSA) is 92.8 Å². The fourth-order valence-electron chi connectivity index (χ4n) is 2.07. The van der Waals surface area contributed by atoms with Gasteiger partial charge in [0.2, 0.25) is 10.0 Å². The Bertz CT molecular complexity index is 999. The molecule has 7 nitrogen and oxygen atoms in total. The molecule has 0 aliphatic heterocycles. The molecule has 0 radical (unpaired) electrons. The lowest BCUT2D eigenvalue weighted by Crippen LogP contribution is -2.23. The van der Waals surface area contributed by atoms with Gasteiger partial charge in [0, 0.05) is 14.1 Å². The fraction of sp³-hybridized carbons (Fsp3) is 0.176. The van der Waals surface area contributed by atoms with Crippen LogP contribution in [0.15, 0.2) is 58.8 Å². The number of rotatable bonds is 7. The van der Waals surface area contributed by atoms with Gasteiger partial charge in [-0.3, -0.25) is 4.72 Å². The van der Waals surface area contributed by atoms with Crippen LogP contribution in [0.5, 0.6) is 5.75 Å². The van der Waals surface area contributed by atoms with Gasteiger partial charge in [0.05, 0.1) is 18.2 Å². The normalized spacial score (nSPS) is 12.5. The van der Waals surface area contributed by atoms with Gasteiger partial charge in [-0.25, -0.2) is 21.1 Å². The molecule has 0 spiro atoms.